The Bertz CT molecular complexity index is 784. The van der Waals surface area contributed by atoms with Gasteiger partial charge in [-0.05, 0) is 69.2 Å². The molecule has 2 rings (SSSR count). The summed E-state index contributed by atoms with van der Waals surface area (Å²) in [6.07, 6.45) is 3.13. The van der Waals surface area contributed by atoms with Gasteiger partial charge in [-0.3, -0.25) is 9.59 Å². The number of ketones is 1. The van der Waals surface area contributed by atoms with Crippen molar-refractivity contribution >= 4 is 28.8 Å². The standard InChI is InChI=1S/C20H25N3O2/c1-6-23(7-2)19-9-8-16(10-14(19)4)22-17-12-18(21-15(5)24)20(25)11-13(17)3/h8-12H,6-7H2,1-5H3,(H,21,24). The van der Waals surface area contributed by atoms with Crippen molar-refractivity contribution in [2.24, 2.45) is 4.99 Å². The second kappa shape index (κ2) is 7.92. The van der Waals surface area contributed by atoms with Gasteiger partial charge in [0, 0.05) is 25.7 Å². The van der Waals surface area contributed by atoms with Gasteiger partial charge in [-0.25, -0.2) is 4.99 Å². The fraction of sp³-hybridized carbons (Fsp3) is 0.350. The highest BCUT2D eigenvalue weighted by atomic mass is 16.2. The minimum Gasteiger partial charge on any atom is -0.372 e. The van der Waals surface area contributed by atoms with Gasteiger partial charge in [0.15, 0.2) is 0 Å². The Morgan fingerprint density at radius 2 is 1.84 bits per heavy atom. The van der Waals surface area contributed by atoms with E-state index < -0.39 is 0 Å². The Kier molecular flexibility index (Phi) is 5.91. The van der Waals surface area contributed by atoms with Crippen LogP contribution < -0.4 is 10.2 Å². The topological polar surface area (TPSA) is 61.8 Å². The van der Waals surface area contributed by atoms with Gasteiger partial charge in [-0.1, -0.05) is 0 Å². The highest BCUT2D eigenvalue weighted by Gasteiger charge is 2.17. The van der Waals surface area contributed by atoms with E-state index in [-0.39, 0.29) is 17.4 Å². The van der Waals surface area contributed by atoms with Gasteiger partial charge in [0.1, 0.15) is 0 Å². The molecule has 0 heterocycles. The number of carbonyl (C=O) groups excluding carboxylic acids is 2. The number of amides is 1. The normalized spacial score (nSPS) is 15.7. The third-order valence-electron chi connectivity index (χ3n) is 4.14. The van der Waals surface area contributed by atoms with E-state index in [0.29, 0.717) is 5.71 Å². The van der Waals surface area contributed by atoms with Crippen molar-refractivity contribution in [3.63, 3.8) is 0 Å². The van der Waals surface area contributed by atoms with Crippen LogP contribution in [-0.4, -0.2) is 30.5 Å². The molecule has 1 N–H and O–H groups in total. The molecule has 0 radical (unpaired) electrons. The molecule has 1 aliphatic rings. The molecular weight excluding hydrogens is 314 g/mol. The molecule has 5 nitrogen and oxygen atoms in total. The van der Waals surface area contributed by atoms with E-state index in [9.17, 15) is 9.59 Å². The van der Waals surface area contributed by atoms with Gasteiger partial charge in [0.2, 0.25) is 11.7 Å². The van der Waals surface area contributed by atoms with Crippen molar-refractivity contribution in [3.05, 3.63) is 47.2 Å². The molecule has 0 unspecified atom stereocenters. The average molecular weight is 339 g/mol. The molecule has 0 aliphatic heterocycles. The van der Waals surface area contributed by atoms with Crippen molar-refractivity contribution in [2.75, 3.05) is 18.0 Å². The number of hydrogen-bond acceptors (Lipinski definition) is 4. The lowest BCUT2D eigenvalue weighted by Crippen LogP contribution is -2.27. The van der Waals surface area contributed by atoms with Gasteiger partial charge in [0.25, 0.3) is 0 Å². The van der Waals surface area contributed by atoms with Crippen LogP contribution in [0.1, 0.15) is 33.3 Å². The number of allylic oxidation sites excluding steroid dienone is 3. The Labute approximate surface area is 149 Å². The summed E-state index contributed by atoms with van der Waals surface area (Å²) in [5.74, 6) is -0.481. The summed E-state index contributed by atoms with van der Waals surface area (Å²) < 4.78 is 0. The molecule has 1 amide bonds. The smallest absolute Gasteiger partial charge is 0.221 e. The van der Waals surface area contributed by atoms with Crippen molar-refractivity contribution in [1.29, 1.82) is 0 Å². The van der Waals surface area contributed by atoms with E-state index in [1.165, 1.54) is 18.7 Å². The maximum Gasteiger partial charge on any atom is 0.221 e. The SMILES string of the molecule is CCN(CC)c1ccc(N=C2C=C(NC(C)=O)C(=O)C=C2C)cc1C. The van der Waals surface area contributed by atoms with E-state index in [1.807, 2.05) is 19.1 Å². The molecular formula is C20H25N3O2. The van der Waals surface area contributed by atoms with Crippen LogP contribution in [0.5, 0.6) is 0 Å². The van der Waals surface area contributed by atoms with Crippen molar-refractivity contribution in [2.45, 2.75) is 34.6 Å². The summed E-state index contributed by atoms with van der Waals surface area (Å²) >= 11 is 0. The molecule has 0 aromatic heterocycles. The van der Waals surface area contributed by atoms with Crippen LogP contribution in [0.2, 0.25) is 0 Å². The van der Waals surface area contributed by atoms with E-state index in [0.717, 1.165) is 29.9 Å². The zero-order valence-corrected chi connectivity index (χ0v) is 15.5. The molecule has 0 atom stereocenters. The van der Waals surface area contributed by atoms with E-state index >= 15 is 0 Å². The minimum atomic E-state index is -0.272. The predicted molar refractivity (Wildman–Crippen MR) is 102 cm³/mol. The summed E-state index contributed by atoms with van der Waals surface area (Å²) in [5, 5.41) is 2.56. The molecule has 1 aliphatic carbocycles. The largest absolute Gasteiger partial charge is 0.372 e. The Hall–Kier alpha value is -2.69. The third-order valence-corrected chi connectivity index (χ3v) is 4.14. The lowest BCUT2D eigenvalue weighted by atomic mass is 10.0. The molecule has 0 bridgehead atoms. The number of carbonyl (C=O) groups is 2. The van der Waals surface area contributed by atoms with Crippen LogP contribution >= 0.6 is 0 Å². The van der Waals surface area contributed by atoms with Gasteiger partial charge in [-0.2, -0.15) is 0 Å². The fourth-order valence-electron chi connectivity index (χ4n) is 2.85. The quantitative estimate of drug-likeness (QED) is 0.836. The van der Waals surface area contributed by atoms with Crippen molar-refractivity contribution in [1.82, 2.24) is 5.32 Å². The Morgan fingerprint density at radius 1 is 1.16 bits per heavy atom. The molecule has 25 heavy (non-hydrogen) atoms. The first-order valence-corrected chi connectivity index (χ1v) is 8.52. The molecule has 132 valence electrons. The summed E-state index contributed by atoms with van der Waals surface area (Å²) in [7, 11) is 0. The molecule has 0 saturated heterocycles. The number of anilines is 1. The number of aryl methyl sites for hydroxylation is 1. The molecule has 0 saturated carbocycles. The number of nitrogens with one attached hydrogen (secondary N) is 1. The van der Waals surface area contributed by atoms with E-state index in [2.05, 4.69) is 42.0 Å². The maximum absolute atomic E-state index is 12.0. The lowest BCUT2D eigenvalue weighted by Gasteiger charge is -2.23. The second-order valence-electron chi connectivity index (χ2n) is 6.07. The zero-order chi connectivity index (χ0) is 18.6. The molecule has 0 fully saturated rings. The molecule has 0 spiro atoms. The number of hydrogen-bond donors (Lipinski definition) is 1. The number of aliphatic imine (C=N–C) groups is 1. The first-order chi connectivity index (χ1) is 11.8. The molecule has 1 aromatic carbocycles. The monoisotopic (exact) mass is 339 g/mol. The maximum atomic E-state index is 12.0. The third kappa shape index (κ3) is 4.44. The molecule has 5 heteroatoms. The number of rotatable bonds is 5. The van der Waals surface area contributed by atoms with Crippen LogP contribution in [0, 0.1) is 6.92 Å². The first kappa shape index (κ1) is 18.6. The summed E-state index contributed by atoms with van der Waals surface area (Å²) in [5.41, 5.74) is 4.90. The Balaban J connectivity index is 2.37. The van der Waals surface area contributed by atoms with Gasteiger partial charge in [-0.15, -0.1) is 0 Å². The van der Waals surface area contributed by atoms with Crippen LogP contribution in [0.25, 0.3) is 0 Å². The van der Waals surface area contributed by atoms with Gasteiger partial charge >= 0.3 is 0 Å². The van der Waals surface area contributed by atoms with Gasteiger partial charge < -0.3 is 10.2 Å². The minimum absolute atomic E-state index is 0.209. The van der Waals surface area contributed by atoms with Crippen molar-refractivity contribution in [3.8, 4) is 0 Å². The van der Waals surface area contributed by atoms with E-state index in [4.69, 9.17) is 0 Å². The highest BCUT2D eigenvalue weighted by molar-refractivity contribution is 6.22. The number of benzene rings is 1. The van der Waals surface area contributed by atoms with Crippen LogP contribution in [0.15, 0.2) is 46.6 Å². The van der Waals surface area contributed by atoms with Crippen LogP contribution in [0.3, 0.4) is 0 Å². The van der Waals surface area contributed by atoms with E-state index in [1.54, 1.807) is 6.08 Å². The summed E-state index contributed by atoms with van der Waals surface area (Å²) in [4.78, 5) is 30.1. The fourth-order valence-corrected chi connectivity index (χ4v) is 2.85. The Morgan fingerprint density at radius 3 is 2.40 bits per heavy atom. The number of nitrogens with zero attached hydrogens (tertiary/aromatic N) is 2. The zero-order valence-electron chi connectivity index (χ0n) is 15.5. The second-order valence-corrected chi connectivity index (χ2v) is 6.07. The summed E-state index contributed by atoms with van der Waals surface area (Å²) in [6, 6.07) is 6.09. The van der Waals surface area contributed by atoms with Crippen LogP contribution in [-0.2, 0) is 9.59 Å². The van der Waals surface area contributed by atoms with Crippen LogP contribution in [0.4, 0.5) is 11.4 Å². The summed E-state index contributed by atoms with van der Waals surface area (Å²) in [6.45, 7) is 11.5. The van der Waals surface area contributed by atoms with Gasteiger partial charge in [0.05, 0.1) is 17.1 Å². The van der Waals surface area contributed by atoms with Crippen molar-refractivity contribution < 1.29 is 9.59 Å². The predicted octanol–water partition coefficient (Wildman–Crippen LogP) is 3.46. The molecule has 1 aromatic rings. The first-order valence-electron chi connectivity index (χ1n) is 8.52. The average Bonchev–Trinajstić information content (AvgIpc) is 2.54. The lowest BCUT2D eigenvalue weighted by molar-refractivity contribution is -0.120. The highest BCUT2D eigenvalue weighted by Crippen LogP contribution is 2.26.